The minimum absolute atomic E-state index is 0.00444. The van der Waals surface area contributed by atoms with Crippen molar-refractivity contribution in [2.45, 2.75) is 30.7 Å². The maximum absolute atomic E-state index is 12.3. The van der Waals surface area contributed by atoms with Gasteiger partial charge in [0.05, 0.1) is 4.90 Å². The van der Waals surface area contributed by atoms with Crippen LogP contribution in [0.5, 0.6) is 0 Å². The van der Waals surface area contributed by atoms with Gasteiger partial charge >= 0.3 is 0 Å². The molecule has 3 rings (SSSR count). The van der Waals surface area contributed by atoms with E-state index < -0.39 is 10.0 Å². The summed E-state index contributed by atoms with van der Waals surface area (Å²) in [5.41, 5.74) is 1.88. The number of primary sulfonamides is 1. The number of hydrogen-bond donors (Lipinski definition) is 2. The number of hydrogen-bond acceptors (Lipinski definition) is 4. The SMILES string of the molecule is NS(=O)(=O)c1cccc(CNC(=O)c2ccc(N3CCCCC3=O)cc2)c1. The van der Waals surface area contributed by atoms with Crippen molar-refractivity contribution >= 4 is 27.5 Å². The van der Waals surface area contributed by atoms with Crippen LogP contribution in [0.15, 0.2) is 53.4 Å². The van der Waals surface area contributed by atoms with Gasteiger partial charge in [-0.2, -0.15) is 0 Å². The third-order valence-electron chi connectivity index (χ3n) is 4.44. The van der Waals surface area contributed by atoms with Gasteiger partial charge < -0.3 is 10.2 Å². The van der Waals surface area contributed by atoms with Gasteiger partial charge in [-0.25, -0.2) is 13.6 Å². The third-order valence-corrected chi connectivity index (χ3v) is 5.36. The van der Waals surface area contributed by atoms with Crippen molar-refractivity contribution in [3.63, 3.8) is 0 Å². The van der Waals surface area contributed by atoms with Crippen molar-refractivity contribution < 1.29 is 18.0 Å². The number of anilines is 1. The van der Waals surface area contributed by atoms with E-state index in [9.17, 15) is 18.0 Å². The second-order valence-corrected chi connectivity index (χ2v) is 7.99. The molecule has 2 aromatic rings. The summed E-state index contributed by atoms with van der Waals surface area (Å²) in [7, 11) is -3.78. The van der Waals surface area contributed by atoms with Gasteiger partial charge in [-0.15, -0.1) is 0 Å². The molecule has 3 N–H and O–H groups in total. The van der Waals surface area contributed by atoms with Gasteiger partial charge in [0.2, 0.25) is 15.9 Å². The fourth-order valence-electron chi connectivity index (χ4n) is 2.99. The number of nitrogens with two attached hydrogens (primary N) is 1. The Balaban J connectivity index is 1.64. The van der Waals surface area contributed by atoms with E-state index >= 15 is 0 Å². The molecule has 0 bridgehead atoms. The maximum Gasteiger partial charge on any atom is 0.251 e. The molecule has 0 atom stereocenters. The molecule has 1 aliphatic heterocycles. The van der Waals surface area contributed by atoms with E-state index in [1.807, 2.05) is 0 Å². The molecule has 1 aliphatic rings. The molecular weight excluding hydrogens is 366 g/mol. The summed E-state index contributed by atoms with van der Waals surface area (Å²) >= 11 is 0. The van der Waals surface area contributed by atoms with Crippen LogP contribution in [0.4, 0.5) is 5.69 Å². The molecule has 0 aromatic heterocycles. The molecule has 1 saturated heterocycles. The van der Waals surface area contributed by atoms with Gasteiger partial charge in [0, 0.05) is 30.8 Å². The Labute approximate surface area is 158 Å². The van der Waals surface area contributed by atoms with Gasteiger partial charge in [0.15, 0.2) is 0 Å². The molecule has 7 nitrogen and oxygen atoms in total. The highest BCUT2D eigenvalue weighted by Crippen LogP contribution is 2.21. The second kappa shape index (κ2) is 7.89. The highest BCUT2D eigenvalue weighted by molar-refractivity contribution is 7.89. The molecule has 0 aliphatic carbocycles. The Morgan fingerprint density at radius 3 is 2.52 bits per heavy atom. The predicted molar refractivity (Wildman–Crippen MR) is 102 cm³/mol. The number of amides is 2. The summed E-state index contributed by atoms with van der Waals surface area (Å²) in [4.78, 5) is 26.0. The molecule has 0 saturated carbocycles. The van der Waals surface area contributed by atoms with E-state index in [4.69, 9.17) is 5.14 Å². The largest absolute Gasteiger partial charge is 0.348 e. The lowest BCUT2D eigenvalue weighted by atomic mass is 10.1. The Hall–Kier alpha value is -2.71. The van der Waals surface area contributed by atoms with Crippen molar-refractivity contribution in [1.82, 2.24) is 5.32 Å². The summed E-state index contributed by atoms with van der Waals surface area (Å²) in [6, 6.07) is 13.0. The second-order valence-electron chi connectivity index (χ2n) is 6.42. The summed E-state index contributed by atoms with van der Waals surface area (Å²) in [6.07, 6.45) is 2.45. The van der Waals surface area contributed by atoms with Crippen LogP contribution in [0.25, 0.3) is 0 Å². The van der Waals surface area contributed by atoms with Crippen LogP contribution >= 0.6 is 0 Å². The van der Waals surface area contributed by atoms with Crippen molar-refractivity contribution in [3.05, 3.63) is 59.7 Å². The Kier molecular flexibility index (Phi) is 5.57. The lowest BCUT2D eigenvalue weighted by Gasteiger charge is -2.26. The minimum atomic E-state index is -3.78. The molecule has 2 aromatic carbocycles. The maximum atomic E-state index is 12.3. The number of sulfonamides is 1. The van der Waals surface area contributed by atoms with Crippen LogP contribution < -0.4 is 15.4 Å². The smallest absolute Gasteiger partial charge is 0.251 e. The van der Waals surface area contributed by atoms with Crippen LogP contribution in [0.1, 0.15) is 35.2 Å². The first-order valence-corrected chi connectivity index (χ1v) is 10.2. The monoisotopic (exact) mass is 387 g/mol. The molecule has 0 unspecified atom stereocenters. The van der Waals surface area contributed by atoms with Gasteiger partial charge in [-0.3, -0.25) is 9.59 Å². The number of rotatable bonds is 5. The van der Waals surface area contributed by atoms with E-state index in [1.54, 1.807) is 41.3 Å². The number of nitrogens with zero attached hydrogens (tertiary/aromatic N) is 1. The van der Waals surface area contributed by atoms with Crippen molar-refractivity contribution in [3.8, 4) is 0 Å². The average Bonchev–Trinajstić information content (AvgIpc) is 2.66. The fraction of sp³-hybridized carbons (Fsp3) is 0.263. The molecule has 27 heavy (non-hydrogen) atoms. The topological polar surface area (TPSA) is 110 Å². The summed E-state index contributed by atoms with van der Waals surface area (Å²) in [5, 5.41) is 7.86. The van der Waals surface area contributed by atoms with Crippen molar-refractivity contribution in [2.75, 3.05) is 11.4 Å². The Morgan fingerprint density at radius 1 is 1.11 bits per heavy atom. The molecule has 0 radical (unpaired) electrons. The van der Waals surface area contributed by atoms with E-state index in [2.05, 4.69) is 5.32 Å². The van der Waals surface area contributed by atoms with E-state index in [0.717, 1.165) is 18.5 Å². The number of nitrogens with one attached hydrogen (secondary N) is 1. The zero-order valence-electron chi connectivity index (χ0n) is 14.7. The molecule has 2 amide bonds. The Bertz CT molecular complexity index is 955. The molecule has 142 valence electrons. The highest BCUT2D eigenvalue weighted by Gasteiger charge is 2.19. The van der Waals surface area contributed by atoms with Gasteiger partial charge in [-0.05, 0) is 54.8 Å². The van der Waals surface area contributed by atoms with Crippen LogP contribution in [0, 0.1) is 0 Å². The molecule has 8 heteroatoms. The summed E-state index contributed by atoms with van der Waals surface area (Å²) < 4.78 is 22.8. The zero-order valence-corrected chi connectivity index (χ0v) is 15.5. The summed E-state index contributed by atoms with van der Waals surface area (Å²) in [5.74, 6) is -0.180. The molecular formula is C19H21N3O4S. The first kappa shape index (κ1) is 19.1. The van der Waals surface area contributed by atoms with E-state index in [-0.39, 0.29) is 23.3 Å². The zero-order chi connectivity index (χ0) is 19.4. The van der Waals surface area contributed by atoms with E-state index in [1.165, 1.54) is 12.1 Å². The first-order chi connectivity index (χ1) is 12.8. The van der Waals surface area contributed by atoms with E-state index in [0.29, 0.717) is 24.1 Å². The third kappa shape index (κ3) is 4.72. The van der Waals surface area contributed by atoms with Gasteiger partial charge in [0.25, 0.3) is 5.91 Å². The average molecular weight is 387 g/mol. The van der Waals surface area contributed by atoms with Crippen LogP contribution in [0.3, 0.4) is 0 Å². The fourth-order valence-corrected chi connectivity index (χ4v) is 3.57. The van der Waals surface area contributed by atoms with Crippen LogP contribution in [0.2, 0.25) is 0 Å². The van der Waals surface area contributed by atoms with Crippen molar-refractivity contribution in [2.24, 2.45) is 5.14 Å². The normalized spacial score (nSPS) is 14.9. The van der Waals surface area contributed by atoms with Crippen molar-refractivity contribution in [1.29, 1.82) is 0 Å². The lowest BCUT2D eigenvalue weighted by Crippen LogP contribution is -2.35. The Morgan fingerprint density at radius 2 is 1.85 bits per heavy atom. The number of piperidine rings is 1. The standard InChI is InChI=1S/C19H21N3O4S/c20-27(25,26)17-5-3-4-14(12-17)13-21-19(24)15-7-9-16(10-8-15)22-11-2-1-6-18(22)23/h3-5,7-10,12H,1-2,6,11,13H2,(H,21,24)(H2,20,25,26). The van der Waals surface area contributed by atoms with Crippen LogP contribution in [-0.2, 0) is 21.4 Å². The number of benzene rings is 2. The highest BCUT2D eigenvalue weighted by atomic mass is 32.2. The first-order valence-electron chi connectivity index (χ1n) is 8.65. The molecule has 1 fully saturated rings. The van der Waals surface area contributed by atoms with Gasteiger partial charge in [0.1, 0.15) is 0 Å². The van der Waals surface area contributed by atoms with Gasteiger partial charge in [-0.1, -0.05) is 12.1 Å². The van der Waals surface area contributed by atoms with Crippen LogP contribution in [-0.4, -0.2) is 26.8 Å². The number of carbonyl (C=O) groups excluding carboxylic acids is 2. The summed E-state index contributed by atoms with van der Waals surface area (Å²) in [6.45, 7) is 0.874. The number of carbonyl (C=O) groups is 2. The quantitative estimate of drug-likeness (QED) is 0.815. The predicted octanol–water partition coefficient (Wildman–Crippen LogP) is 1.78. The molecule has 1 heterocycles. The lowest BCUT2D eigenvalue weighted by molar-refractivity contribution is -0.119. The molecule has 0 spiro atoms. The minimum Gasteiger partial charge on any atom is -0.348 e.